The number of carbonyl (C=O) groups is 1. The summed E-state index contributed by atoms with van der Waals surface area (Å²) in [4.78, 5) is 19.9. The van der Waals surface area contributed by atoms with Crippen LogP contribution in [0.15, 0.2) is 4.52 Å². The smallest absolute Gasteiger partial charge is 0.409 e. The lowest BCUT2D eigenvalue weighted by Crippen LogP contribution is -2.48. The molecule has 0 aromatic carbocycles. The topological polar surface area (TPSA) is 71.7 Å². The molecule has 0 radical (unpaired) electrons. The van der Waals surface area contributed by atoms with Crippen LogP contribution in [0.5, 0.6) is 0 Å². The zero-order valence-corrected chi connectivity index (χ0v) is 12.2. The Morgan fingerprint density at radius 2 is 2.05 bits per heavy atom. The minimum atomic E-state index is -0.227. The highest BCUT2D eigenvalue weighted by Gasteiger charge is 2.23. The standard InChI is InChI=1S/C13H22N4O3/c1-3-5-11-14-12(20-15-11)10-16-6-8-17(9-7-16)13(18)19-4-2/h3-10H2,1-2H3. The molecule has 1 saturated heterocycles. The Morgan fingerprint density at radius 3 is 2.70 bits per heavy atom. The van der Waals surface area contributed by atoms with E-state index in [4.69, 9.17) is 9.26 Å². The van der Waals surface area contributed by atoms with Crippen LogP contribution in [0.4, 0.5) is 4.79 Å². The van der Waals surface area contributed by atoms with Crippen LogP contribution in [-0.2, 0) is 17.7 Å². The van der Waals surface area contributed by atoms with Crippen molar-refractivity contribution in [2.45, 2.75) is 33.2 Å². The van der Waals surface area contributed by atoms with Crippen molar-refractivity contribution in [1.29, 1.82) is 0 Å². The SMILES string of the molecule is CCCc1noc(CN2CCN(C(=O)OCC)CC2)n1. The van der Waals surface area contributed by atoms with Crippen LogP contribution in [-0.4, -0.2) is 58.8 Å². The van der Waals surface area contributed by atoms with Gasteiger partial charge in [0.05, 0.1) is 13.2 Å². The molecule has 2 rings (SSSR count). The molecular formula is C13H22N4O3. The lowest BCUT2D eigenvalue weighted by atomic mass is 10.3. The van der Waals surface area contributed by atoms with Crippen molar-refractivity contribution in [2.24, 2.45) is 0 Å². The van der Waals surface area contributed by atoms with Gasteiger partial charge in [-0.1, -0.05) is 12.1 Å². The van der Waals surface area contributed by atoms with E-state index in [9.17, 15) is 4.79 Å². The van der Waals surface area contributed by atoms with Gasteiger partial charge >= 0.3 is 6.09 Å². The molecule has 1 aromatic heterocycles. The zero-order valence-electron chi connectivity index (χ0n) is 12.2. The number of amides is 1. The zero-order chi connectivity index (χ0) is 14.4. The number of piperazine rings is 1. The van der Waals surface area contributed by atoms with Gasteiger partial charge in [-0.3, -0.25) is 4.90 Å². The van der Waals surface area contributed by atoms with Gasteiger partial charge in [-0.25, -0.2) is 4.79 Å². The quantitative estimate of drug-likeness (QED) is 0.810. The van der Waals surface area contributed by atoms with E-state index in [1.807, 2.05) is 6.92 Å². The average Bonchev–Trinajstić information content (AvgIpc) is 2.88. The average molecular weight is 282 g/mol. The van der Waals surface area contributed by atoms with Gasteiger partial charge < -0.3 is 14.2 Å². The molecule has 0 atom stereocenters. The molecule has 1 amide bonds. The van der Waals surface area contributed by atoms with Crippen LogP contribution in [0.1, 0.15) is 32.0 Å². The summed E-state index contributed by atoms with van der Waals surface area (Å²) in [5.41, 5.74) is 0. The monoisotopic (exact) mass is 282 g/mol. The number of aryl methyl sites for hydroxylation is 1. The van der Waals surface area contributed by atoms with Gasteiger partial charge in [-0.15, -0.1) is 0 Å². The second-order valence-electron chi connectivity index (χ2n) is 4.82. The number of aromatic nitrogens is 2. The molecular weight excluding hydrogens is 260 g/mol. The molecule has 0 aliphatic carbocycles. The molecule has 2 heterocycles. The first-order valence-corrected chi connectivity index (χ1v) is 7.18. The van der Waals surface area contributed by atoms with E-state index < -0.39 is 0 Å². The van der Waals surface area contributed by atoms with Gasteiger partial charge in [0.2, 0.25) is 5.89 Å². The minimum absolute atomic E-state index is 0.227. The Bertz CT molecular complexity index is 427. The van der Waals surface area contributed by atoms with Crippen LogP contribution >= 0.6 is 0 Å². The Hall–Kier alpha value is -1.63. The van der Waals surface area contributed by atoms with Crippen LogP contribution in [0, 0.1) is 0 Å². The summed E-state index contributed by atoms with van der Waals surface area (Å²) in [6, 6.07) is 0. The van der Waals surface area contributed by atoms with Gasteiger partial charge in [0.15, 0.2) is 5.82 Å². The molecule has 7 nitrogen and oxygen atoms in total. The molecule has 1 aliphatic rings. The van der Waals surface area contributed by atoms with Crippen molar-refractivity contribution in [3.8, 4) is 0 Å². The maximum atomic E-state index is 11.6. The molecule has 0 spiro atoms. The van der Waals surface area contributed by atoms with Crippen molar-refractivity contribution < 1.29 is 14.1 Å². The van der Waals surface area contributed by atoms with Crippen LogP contribution in [0.25, 0.3) is 0 Å². The molecule has 0 saturated carbocycles. The van der Waals surface area contributed by atoms with Crippen LogP contribution in [0.2, 0.25) is 0 Å². The number of carbonyl (C=O) groups excluding carboxylic acids is 1. The first-order valence-electron chi connectivity index (χ1n) is 7.18. The van der Waals surface area contributed by atoms with Crippen LogP contribution in [0.3, 0.4) is 0 Å². The van der Waals surface area contributed by atoms with E-state index in [0.29, 0.717) is 32.1 Å². The second kappa shape index (κ2) is 7.23. The van der Waals surface area contributed by atoms with Gasteiger partial charge in [0.1, 0.15) is 0 Å². The Kier molecular flexibility index (Phi) is 5.34. The summed E-state index contributed by atoms with van der Waals surface area (Å²) in [6.07, 6.45) is 1.63. The summed E-state index contributed by atoms with van der Waals surface area (Å²) < 4.78 is 10.2. The van der Waals surface area contributed by atoms with E-state index in [1.165, 1.54) is 0 Å². The molecule has 112 valence electrons. The summed E-state index contributed by atoms with van der Waals surface area (Å²) in [5, 5.41) is 3.94. The summed E-state index contributed by atoms with van der Waals surface area (Å²) in [5.74, 6) is 1.42. The van der Waals surface area contributed by atoms with E-state index in [-0.39, 0.29) is 6.09 Å². The van der Waals surface area contributed by atoms with Crippen molar-refractivity contribution in [3.63, 3.8) is 0 Å². The molecule has 0 unspecified atom stereocenters. The third-order valence-electron chi connectivity index (χ3n) is 3.24. The van der Waals surface area contributed by atoms with E-state index in [0.717, 1.165) is 31.8 Å². The largest absolute Gasteiger partial charge is 0.450 e. The molecule has 1 aromatic rings. The molecule has 1 fully saturated rings. The molecule has 1 aliphatic heterocycles. The fraction of sp³-hybridized carbons (Fsp3) is 0.769. The number of rotatable bonds is 5. The number of nitrogens with zero attached hydrogens (tertiary/aromatic N) is 4. The minimum Gasteiger partial charge on any atom is -0.450 e. The van der Waals surface area contributed by atoms with Gasteiger partial charge in [-0.05, 0) is 13.3 Å². The fourth-order valence-corrected chi connectivity index (χ4v) is 2.17. The third kappa shape index (κ3) is 3.93. The summed E-state index contributed by atoms with van der Waals surface area (Å²) in [6.45, 7) is 7.91. The highest BCUT2D eigenvalue weighted by Crippen LogP contribution is 2.09. The van der Waals surface area contributed by atoms with E-state index in [2.05, 4.69) is 22.0 Å². The first-order chi connectivity index (χ1) is 9.72. The molecule has 20 heavy (non-hydrogen) atoms. The van der Waals surface area contributed by atoms with E-state index in [1.54, 1.807) is 4.90 Å². The fourth-order valence-electron chi connectivity index (χ4n) is 2.17. The van der Waals surface area contributed by atoms with Crippen molar-refractivity contribution in [3.05, 3.63) is 11.7 Å². The Labute approximate surface area is 118 Å². The predicted octanol–water partition coefficient (Wildman–Crippen LogP) is 1.30. The number of hydrogen-bond acceptors (Lipinski definition) is 6. The maximum absolute atomic E-state index is 11.6. The highest BCUT2D eigenvalue weighted by atomic mass is 16.6. The summed E-state index contributed by atoms with van der Waals surface area (Å²) in [7, 11) is 0. The predicted molar refractivity (Wildman–Crippen MR) is 72.2 cm³/mol. The molecule has 0 N–H and O–H groups in total. The van der Waals surface area contributed by atoms with Crippen molar-refractivity contribution in [2.75, 3.05) is 32.8 Å². The molecule has 7 heteroatoms. The first kappa shape index (κ1) is 14.8. The highest BCUT2D eigenvalue weighted by molar-refractivity contribution is 5.67. The third-order valence-corrected chi connectivity index (χ3v) is 3.24. The van der Waals surface area contributed by atoms with Gasteiger partial charge in [0.25, 0.3) is 0 Å². The van der Waals surface area contributed by atoms with Gasteiger partial charge in [-0.2, -0.15) is 4.98 Å². The lowest BCUT2D eigenvalue weighted by molar-refractivity contribution is 0.0749. The van der Waals surface area contributed by atoms with Crippen molar-refractivity contribution in [1.82, 2.24) is 19.9 Å². The number of hydrogen-bond donors (Lipinski definition) is 0. The normalized spacial score (nSPS) is 16.4. The van der Waals surface area contributed by atoms with E-state index >= 15 is 0 Å². The van der Waals surface area contributed by atoms with Crippen molar-refractivity contribution >= 4 is 6.09 Å². The Morgan fingerprint density at radius 1 is 1.30 bits per heavy atom. The summed E-state index contributed by atoms with van der Waals surface area (Å²) >= 11 is 0. The second-order valence-corrected chi connectivity index (χ2v) is 4.82. The maximum Gasteiger partial charge on any atom is 0.409 e. The lowest BCUT2D eigenvalue weighted by Gasteiger charge is -2.33. The Balaban J connectivity index is 1.77. The van der Waals surface area contributed by atoms with Gasteiger partial charge in [0, 0.05) is 32.6 Å². The van der Waals surface area contributed by atoms with Crippen LogP contribution < -0.4 is 0 Å². The number of ether oxygens (including phenoxy) is 1. The molecule has 0 bridgehead atoms.